The van der Waals surface area contributed by atoms with Crippen molar-refractivity contribution in [3.05, 3.63) is 65.7 Å². The van der Waals surface area contributed by atoms with Gasteiger partial charge < -0.3 is 10.6 Å². The highest BCUT2D eigenvalue weighted by Crippen LogP contribution is 2.26. The third kappa shape index (κ3) is 9.33. The monoisotopic (exact) mass is 425 g/mol. The number of benzene rings is 1. The lowest BCUT2D eigenvalue weighted by Crippen LogP contribution is -2.41. The van der Waals surface area contributed by atoms with E-state index in [1.807, 2.05) is 24.3 Å². The van der Waals surface area contributed by atoms with Crippen LogP contribution in [0.4, 0.5) is 4.39 Å². The molecule has 0 saturated carbocycles. The average molecular weight is 426 g/mol. The number of allylic oxidation sites excluding steroid dienone is 1. The molecule has 31 heavy (non-hydrogen) atoms. The number of hydrogen-bond donors (Lipinski definition) is 2. The average Bonchev–Trinajstić information content (AvgIpc) is 2.68. The number of amides is 1. The molecule has 0 fully saturated rings. The minimum Gasteiger partial charge on any atom is -0.389 e. The number of hydrogen-bond acceptors (Lipinski definition) is 3. The number of aromatic nitrogens is 1. The van der Waals surface area contributed by atoms with Gasteiger partial charge in [-0.25, -0.2) is 4.39 Å². The van der Waals surface area contributed by atoms with Crippen LogP contribution in [0.2, 0.25) is 0 Å². The zero-order valence-electron chi connectivity index (χ0n) is 19.5. The fourth-order valence-corrected chi connectivity index (χ4v) is 3.66. The summed E-state index contributed by atoms with van der Waals surface area (Å²) in [6.45, 7) is 11.2. The molecule has 1 atom stereocenters. The number of halogens is 1. The first kappa shape index (κ1) is 24.6. The van der Waals surface area contributed by atoms with Crippen LogP contribution in [0.5, 0.6) is 0 Å². The Labute approximate surface area is 186 Å². The van der Waals surface area contributed by atoms with Crippen LogP contribution in [-0.2, 0) is 11.2 Å². The fourth-order valence-electron chi connectivity index (χ4n) is 3.66. The van der Waals surface area contributed by atoms with Crippen LogP contribution in [0.15, 0.2) is 54.4 Å². The van der Waals surface area contributed by atoms with Gasteiger partial charge in [-0.3, -0.25) is 9.78 Å². The van der Waals surface area contributed by atoms with Crippen LogP contribution in [0.1, 0.15) is 59.4 Å². The molecular formula is C26H36FN3O. The van der Waals surface area contributed by atoms with Gasteiger partial charge in [0.05, 0.1) is 17.9 Å². The second-order valence-electron chi connectivity index (χ2n) is 9.36. The molecule has 1 unspecified atom stereocenters. The van der Waals surface area contributed by atoms with Gasteiger partial charge in [0.2, 0.25) is 5.91 Å². The zero-order valence-corrected chi connectivity index (χ0v) is 19.5. The molecule has 168 valence electrons. The Balaban J connectivity index is 2.02. The van der Waals surface area contributed by atoms with E-state index in [2.05, 4.69) is 49.5 Å². The van der Waals surface area contributed by atoms with Crippen molar-refractivity contribution in [1.82, 2.24) is 15.6 Å². The smallest absolute Gasteiger partial charge is 0.217 e. The van der Waals surface area contributed by atoms with Crippen LogP contribution in [-0.4, -0.2) is 23.5 Å². The molecule has 0 aliphatic carbocycles. The molecule has 0 bridgehead atoms. The summed E-state index contributed by atoms with van der Waals surface area (Å²) < 4.78 is 13.1. The zero-order chi connectivity index (χ0) is 22.9. The lowest BCUT2D eigenvalue weighted by atomic mass is 9.87. The van der Waals surface area contributed by atoms with Crippen LogP contribution >= 0.6 is 0 Å². The van der Waals surface area contributed by atoms with E-state index in [0.717, 1.165) is 42.5 Å². The molecule has 0 radical (unpaired) electrons. The quantitative estimate of drug-likeness (QED) is 0.518. The maximum absolute atomic E-state index is 13.1. The summed E-state index contributed by atoms with van der Waals surface area (Å²) >= 11 is 0. The summed E-state index contributed by atoms with van der Waals surface area (Å²) in [5.74, 6) is -0.379. The first-order chi connectivity index (χ1) is 14.7. The molecule has 0 spiro atoms. The van der Waals surface area contributed by atoms with Crippen molar-refractivity contribution >= 4 is 5.91 Å². The normalized spacial score (nSPS) is 13.0. The molecule has 4 nitrogen and oxygen atoms in total. The van der Waals surface area contributed by atoms with Gasteiger partial charge in [0, 0.05) is 19.0 Å². The van der Waals surface area contributed by atoms with Gasteiger partial charge in [-0.05, 0) is 48.6 Å². The van der Waals surface area contributed by atoms with Gasteiger partial charge >= 0.3 is 0 Å². The topological polar surface area (TPSA) is 54.0 Å². The van der Waals surface area contributed by atoms with E-state index in [1.165, 1.54) is 17.8 Å². The van der Waals surface area contributed by atoms with Crippen LogP contribution < -0.4 is 10.6 Å². The summed E-state index contributed by atoms with van der Waals surface area (Å²) in [7, 11) is 0. The predicted octanol–water partition coefficient (Wildman–Crippen LogP) is 5.64. The molecule has 0 aliphatic heterocycles. The van der Waals surface area contributed by atoms with Crippen LogP contribution in [0, 0.1) is 11.2 Å². The molecule has 1 aromatic heterocycles. The summed E-state index contributed by atoms with van der Waals surface area (Å²) in [6.07, 6.45) is 7.33. The van der Waals surface area contributed by atoms with Gasteiger partial charge in [-0.15, -0.1) is 0 Å². The van der Waals surface area contributed by atoms with Gasteiger partial charge in [0.25, 0.3) is 0 Å². The second-order valence-corrected chi connectivity index (χ2v) is 9.36. The number of nitrogens with one attached hydrogen (secondary N) is 2. The lowest BCUT2D eigenvalue weighted by molar-refractivity contribution is -0.119. The Hall–Kier alpha value is -2.69. The maximum Gasteiger partial charge on any atom is 0.217 e. The largest absolute Gasteiger partial charge is 0.389 e. The van der Waals surface area contributed by atoms with Crippen molar-refractivity contribution in [1.29, 1.82) is 0 Å². The van der Waals surface area contributed by atoms with E-state index < -0.39 is 0 Å². The molecule has 1 aromatic carbocycles. The Morgan fingerprint density at radius 2 is 1.87 bits per heavy atom. The minimum absolute atomic E-state index is 0.0129. The number of carbonyl (C=O) groups excluding carboxylic acids is 1. The first-order valence-electron chi connectivity index (χ1n) is 11.1. The maximum atomic E-state index is 13.1. The molecule has 5 heteroatoms. The van der Waals surface area contributed by atoms with Crippen LogP contribution in [0.25, 0.3) is 11.3 Å². The molecule has 1 heterocycles. The summed E-state index contributed by atoms with van der Waals surface area (Å²) in [6, 6.07) is 11.1. The van der Waals surface area contributed by atoms with Crippen molar-refractivity contribution < 1.29 is 9.18 Å². The second kappa shape index (κ2) is 11.6. The predicted molar refractivity (Wildman–Crippen MR) is 126 cm³/mol. The minimum atomic E-state index is -0.343. The number of nitrogens with zero attached hydrogens (tertiary/aromatic N) is 1. The Morgan fingerprint density at radius 1 is 1.16 bits per heavy atom. The molecule has 2 N–H and O–H groups in total. The van der Waals surface area contributed by atoms with E-state index in [0.29, 0.717) is 6.54 Å². The summed E-state index contributed by atoms with van der Waals surface area (Å²) in [5.41, 5.74) is 4.46. The highest BCUT2D eigenvalue weighted by Gasteiger charge is 2.14. The number of pyridine rings is 1. The molecule has 0 saturated heterocycles. The van der Waals surface area contributed by atoms with Crippen molar-refractivity contribution in [2.45, 2.75) is 66.3 Å². The number of rotatable bonds is 10. The molecule has 2 aromatic rings. The SMILES string of the molecule is CCC/C(=C\NCC(Cc1ccc(-c2ccc(F)cn2)cc1)NC(C)=O)CC(C)(C)C. The van der Waals surface area contributed by atoms with Gasteiger partial charge in [-0.2, -0.15) is 0 Å². The van der Waals surface area contributed by atoms with Gasteiger partial charge in [-0.1, -0.05) is 64.0 Å². The van der Waals surface area contributed by atoms with E-state index in [1.54, 1.807) is 13.0 Å². The third-order valence-electron chi connectivity index (χ3n) is 4.87. The Kier molecular flexibility index (Phi) is 9.22. The van der Waals surface area contributed by atoms with E-state index in [9.17, 15) is 9.18 Å². The third-order valence-corrected chi connectivity index (χ3v) is 4.87. The van der Waals surface area contributed by atoms with Crippen molar-refractivity contribution in [2.24, 2.45) is 5.41 Å². The highest BCUT2D eigenvalue weighted by molar-refractivity contribution is 5.73. The van der Waals surface area contributed by atoms with Gasteiger partial charge in [0.15, 0.2) is 0 Å². The first-order valence-corrected chi connectivity index (χ1v) is 11.1. The molecule has 0 aliphatic rings. The van der Waals surface area contributed by atoms with E-state index >= 15 is 0 Å². The van der Waals surface area contributed by atoms with Gasteiger partial charge in [0.1, 0.15) is 5.82 Å². The van der Waals surface area contributed by atoms with E-state index in [4.69, 9.17) is 0 Å². The summed E-state index contributed by atoms with van der Waals surface area (Å²) in [5, 5.41) is 6.49. The highest BCUT2D eigenvalue weighted by atomic mass is 19.1. The van der Waals surface area contributed by atoms with Crippen LogP contribution in [0.3, 0.4) is 0 Å². The van der Waals surface area contributed by atoms with Crippen molar-refractivity contribution in [3.8, 4) is 11.3 Å². The van der Waals surface area contributed by atoms with E-state index in [-0.39, 0.29) is 23.2 Å². The fraction of sp³-hybridized carbons (Fsp3) is 0.462. The van der Waals surface area contributed by atoms with Crippen molar-refractivity contribution in [3.63, 3.8) is 0 Å². The Bertz CT molecular complexity index is 852. The standard InChI is InChI=1S/C26H36FN3O/c1-6-7-21(15-26(3,4)5)16-28-18-24(30-19(2)31)14-20-8-10-22(11-9-20)25-13-12-23(27)17-29-25/h8-13,16-17,24,28H,6-7,14-15,18H2,1-5H3,(H,30,31)/b21-16+. The molecule has 2 rings (SSSR count). The molecule has 1 amide bonds. The summed E-state index contributed by atoms with van der Waals surface area (Å²) in [4.78, 5) is 15.8. The number of carbonyl (C=O) groups is 1. The molecular weight excluding hydrogens is 389 g/mol. The Morgan fingerprint density at radius 3 is 2.42 bits per heavy atom. The van der Waals surface area contributed by atoms with Crippen molar-refractivity contribution in [2.75, 3.05) is 6.54 Å². The lowest BCUT2D eigenvalue weighted by Gasteiger charge is -2.22.